The highest BCUT2D eigenvalue weighted by Gasteiger charge is 2.05. The van der Waals surface area contributed by atoms with Gasteiger partial charge in [0.1, 0.15) is 0 Å². The maximum absolute atomic E-state index is 11.8. The number of hydrogen-bond acceptors (Lipinski definition) is 6. The Bertz CT molecular complexity index is 432. The van der Waals surface area contributed by atoms with Crippen LogP contribution in [0.3, 0.4) is 0 Å². The Labute approximate surface area is 223 Å². The number of carbonyl (C=O) groups is 1. The molecular weight excluding hydrogens is 456 g/mol. The lowest BCUT2D eigenvalue weighted by atomic mass is 10.0. The second-order valence-corrected chi connectivity index (χ2v) is 9.83. The van der Waals surface area contributed by atoms with Gasteiger partial charge in [-0.25, -0.2) is 0 Å². The lowest BCUT2D eigenvalue weighted by molar-refractivity contribution is -0.144. The molecule has 36 heavy (non-hydrogen) atoms. The normalized spacial score (nSPS) is 12.2. The first-order chi connectivity index (χ1) is 17.7. The smallest absolute Gasteiger partial charge is 0.305 e. The van der Waals surface area contributed by atoms with Crippen molar-refractivity contribution in [3.8, 4) is 0 Å². The van der Waals surface area contributed by atoms with Crippen molar-refractivity contribution in [3.63, 3.8) is 0 Å². The fourth-order valence-electron chi connectivity index (χ4n) is 3.97. The van der Waals surface area contributed by atoms with Crippen LogP contribution in [0.25, 0.3) is 0 Å². The predicted molar refractivity (Wildman–Crippen MR) is 149 cm³/mol. The Morgan fingerprint density at radius 1 is 0.528 bits per heavy atom. The second-order valence-electron chi connectivity index (χ2n) is 9.83. The van der Waals surface area contributed by atoms with Gasteiger partial charge in [0.25, 0.3) is 0 Å². The molecule has 0 aromatic carbocycles. The van der Waals surface area contributed by atoms with E-state index in [4.69, 9.17) is 23.7 Å². The van der Waals surface area contributed by atoms with E-state index >= 15 is 0 Å². The van der Waals surface area contributed by atoms with Crippen LogP contribution in [0.15, 0.2) is 0 Å². The number of hydrogen-bond donors (Lipinski definition) is 0. The molecule has 0 aromatic heterocycles. The highest BCUT2D eigenvalue weighted by atomic mass is 16.6. The van der Waals surface area contributed by atoms with Crippen LogP contribution in [-0.2, 0) is 28.5 Å². The molecule has 1 atom stereocenters. The summed E-state index contributed by atoms with van der Waals surface area (Å²) < 4.78 is 27.6. The standard InChI is InChI=1S/C30H60O6/c1-4-7-9-10-11-12-13-14-15-16-21-36-30(31)19-17-20-32-22-23-33-24-25-34-26-27-35-28-29(6-3)18-8-5-2/h29H,4-28H2,1-3H3. The van der Waals surface area contributed by atoms with E-state index in [1.807, 2.05) is 0 Å². The van der Waals surface area contributed by atoms with E-state index in [1.165, 1.54) is 77.0 Å². The molecule has 0 spiro atoms. The molecule has 0 bridgehead atoms. The molecule has 0 aromatic rings. The zero-order valence-electron chi connectivity index (χ0n) is 24.2. The van der Waals surface area contributed by atoms with Gasteiger partial charge in [-0.15, -0.1) is 0 Å². The van der Waals surface area contributed by atoms with Crippen molar-refractivity contribution in [2.24, 2.45) is 5.92 Å². The third kappa shape index (κ3) is 27.9. The van der Waals surface area contributed by atoms with Crippen molar-refractivity contribution < 1.29 is 28.5 Å². The Balaban J connectivity index is 3.22. The number of ether oxygens (including phenoxy) is 5. The lowest BCUT2D eigenvalue weighted by Crippen LogP contribution is -2.14. The summed E-state index contributed by atoms with van der Waals surface area (Å²) in [5.74, 6) is 0.561. The summed E-state index contributed by atoms with van der Waals surface area (Å²) in [6.45, 7) is 12.1. The first-order valence-corrected chi connectivity index (χ1v) is 15.2. The van der Waals surface area contributed by atoms with Crippen molar-refractivity contribution in [1.82, 2.24) is 0 Å². The molecule has 6 nitrogen and oxygen atoms in total. The summed E-state index contributed by atoms with van der Waals surface area (Å²) in [5, 5.41) is 0. The molecule has 0 aliphatic rings. The fourth-order valence-corrected chi connectivity index (χ4v) is 3.97. The van der Waals surface area contributed by atoms with E-state index in [-0.39, 0.29) is 5.97 Å². The van der Waals surface area contributed by atoms with Crippen LogP contribution in [0.1, 0.15) is 124 Å². The molecule has 0 aliphatic heterocycles. The Hall–Kier alpha value is -0.690. The first-order valence-electron chi connectivity index (χ1n) is 15.2. The number of carbonyl (C=O) groups excluding carboxylic acids is 1. The minimum absolute atomic E-state index is 0.113. The fraction of sp³-hybridized carbons (Fsp3) is 0.967. The molecular formula is C30H60O6. The van der Waals surface area contributed by atoms with Gasteiger partial charge in [-0.2, -0.15) is 0 Å². The minimum Gasteiger partial charge on any atom is -0.466 e. The van der Waals surface area contributed by atoms with Crippen LogP contribution in [0.2, 0.25) is 0 Å². The van der Waals surface area contributed by atoms with Crippen LogP contribution < -0.4 is 0 Å². The van der Waals surface area contributed by atoms with Gasteiger partial charge in [-0.3, -0.25) is 4.79 Å². The van der Waals surface area contributed by atoms with Crippen molar-refractivity contribution >= 4 is 5.97 Å². The largest absolute Gasteiger partial charge is 0.466 e. The summed E-state index contributed by atoms with van der Waals surface area (Å²) in [6, 6.07) is 0. The molecule has 0 heterocycles. The van der Waals surface area contributed by atoms with Gasteiger partial charge in [0, 0.05) is 19.6 Å². The Morgan fingerprint density at radius 3 is 1.58 bits per heavy atom. The zero-order chi connectivity index (χ0) is 26.4. The molecule has 0 aliphatic carbocycles. The highest BCUT2D eigenvalue weighted by molar-refractivity contribution is 5.69. The molecule has 0 amide bonds. The summed E-state index contributed by atoms with van der Waals surface area (Å²) in [4.78, 5) is 11.8. The zero-order valence-corrected chi connectivity index (χ0v) is 24.2. The molecule has 216 valence electrons. The van der Waals surface area contributed by atoms with Gasteiger partial charge in [-0.05, 0) is 25.2 Å². The lowest BCUT2D eigenvalue weighted by Gasteiger charge is -2.14. The predicted octanol–water partition coefficient (Wildman–Crippen LogP) is 7.51. The SMILES string of the molecule is CCCCCCCCCCCCOC(=O)CCCOCCOCCOCCOCC(CC)CCCC. The van der Waals surface area contributed by atoms with Crippen LogP contribution in [0.4, 0.5) is 0 Å². The van der Waals surface area contributed by atoms with Crippen LogP contribution in [-0.4, -0.2) is 65.4 Å². The van der Waals surface area contributed by atoms with Gasteiger partial charge in [-0.1, -0.05) is 97.8 Å². The average molecular weight is 517 g/mol. The van der Waals surface area contributed by atoms with Crippen molar-refractivity contribution in [2.45, 2.75) is 124 Å². The second kappa shape index (κ2) is 30.5. The van der Waals surface area contributed by atoms with Gasteiger partial charge in [0.2, 0.25) is 0 Å². The van der Waals surface area contributed by atoms with E-state index in [1.54, 1.807) is 0 Å². The quantitative estimate of drug-likeness (QED) is 0.0727. The highest BCUT2D eigenvalue weighted by Crippen LogP contribution is 2.13. The number of esters is 1. The third-order valence-corrected chi connectivity index (χ3v) is 6.44. The van der Waals surface area contributed by atoms with E-state index in [0.717, 1.165) is 19.4 Å². The van der Waals surface area contributed by atoms with E-state index < -0.39 is 0 Å². The topological polar surface area (TPSA) is 63.2 Å². The Kier molecular flexibility index (Phi) is 29.9. The third-order valence-electron chi connectivity index (χ3n) is 6.44. The number of rotatable bonds is 30. The van der Waals surface area contributed by atoms with Crippen LogP contribution in [0, 0.1) is 5.92 Å². The summed E-state index contributed by atoms with van der Waals surface area (Å²) in [7, 11) is 0. The molecule has 1 unspecified atom stereocenters. The molecule has 0 radical (unpaired) electrons. The summed E-state index contributed by atoms with van der Waals surface area (Å²) in [5.41, 5.74) is 0. The summed E-state index contributed by atoms with van der Waals surface area (Å²) in [6.07, 6.45) is 18.9. The molecule has 6 heteroatoms. The molecule has 0 N–H and O–H groups in total. The Morgan fingerprint density at radius 2 is 1.03 bits per heavy atom. The molecule has 0 saturated carbocycles. The monoisotopic (exact) mass is 516 g/mol. The molecule has 0 rings (SSSR count). The molecule has 0 fully saturated rings. The van der Waals surface area contributed by atoms with Gasteiger partial charge < -0.3 is 23.7 Å². The van der Waals surface area contributed by atoms with Crippen molar-refractivity contribution in [3.05, 3.63) is 0 Å². The van der Waals surface area contributed by atoms with Gasteiger partial charge in [0.15, 0.2) is 0 Å². The van der Waals surface area contributed by atoms with E-state index in [0.29, 0.717) is 71.6 Å². The van der Waals surface area contributed by atoms with Crippen LogP contribution >= 0.6 is 0 Å². The summed E-state index contributed by atoms with van der Waals surface area (Å²) >= 11 is 0. The number of unbranched alkanes of at least 4 members (excludes halogenated alkanes) is 10. The van der Waals surface area contributed by atoms with Gasteiger partial charge >= 0.3 is 5.97 Å². The van der Waals surface area contributed by atoms with E-state index in [9.17, 15) is 4.79 Å². The minimum atomic E-state index is -0.113. The van der Waals surface area contributed by atoms with Crippen LogP contribution in [0.5, 0.6) is 0 Å². The van der Waals surface area contributed by atoms with Crippen molar-refractivity contribution in [1.29, 1.82) is 0 Å². The molecule has 0 saturated heterocycles. The first kappa shape index (κ1) is 35.3. The maximum Gasteiger partial charge on any atom is 0.305 e. The average Bonchev–Trinajstić information content (AvgIpc) is 2.89. The van der Waals surface area contributed by atoms with Crippen molar-refractivity contribution in [2.75, 3.05) is 59.5 Å². The van der Waals surface area contributed by atoms with Gasteiger partial charge in [0.05, 0.1) is 46.2 Å². The maximum atomic E-state index is 11.8. The van der Waals surface area contributed by atoms with E-state index in [2.05, 4.69) is 20.8 Å².